The highest BCUT2D eigenvalue weighted by atomic mass is 28.3. The molecular weight excluding hydrogens is 356 g/mol. The first-order valence-electron chi connectivity index (χ1n) is 10.8. The quantitative estimate of drug-likeness (QED) is 0.243. The molecule has 146 valence electrons. The molecule has 0 heterocycles. The average Bonchev–Trinajstić information content (AvgIpc) is 2.70. The van der Waals surface area contributed by atoms with Gasteiger partial charge in [-0.3, -0.25) is 0 Å². The Bertz CT molecular complexity index is 1050. The molecule has 0 spiro atoms. The van der Waals surface area contributed by atoms with E-state index in [-0.39, 0.29) is 0 Å². The molecule has 0 radical (unpaired) electrons. The van der Waals surface area contributed by atoms with Crippen LogP contribution >= 0.6 is 0 Å². The monoisotopic (exact) mass is 388 g/mol. The van der Waals surface area contributed by atoms with Gasteiger partial charge in [0.1, 0.15) is 0 Å². The van der Waals surface area contributed by atoms with E-state index in [1.54, 1.807) is 5.19 Å². The van der Waals surface area contributed by atoms with Gasteiger partial charge in [-0.15, -0.1) is 0 Å². The van der Waals surface area contributed by atoms with Crippen molar-refractivity contribution in [3.05, 3.63) is 54.1 Å². The Balaban J connectivity index is 1.68. The molecule has 2 nitrogen and oxygen atoms in total. The third kappa shape index (κ3) is 3.67. The van der Waals surface area contributed by atoms with Crippen molar-refractivity contribution in [2.75, 3.05) is 13.1 Å². The van der Waals surface area contributed by atoms with E-state index in [1.807, 2.05) is 0 Å². The maximum absolute atomic E-state index is 5.58. The Hall–Kier alpha value is -1.94. The van der Waals surface area contributed by atoms with E-state index in [1.165, 1.54) is 57.1 Å². The molecule has 0 atom stereocenters. The highest BCUT2D eigenvalue weighted by Crippen LogP contribution is 2.34. The van der Waals surface area contributed by atoms with E-state index in [2.05, 4.69) is 66.9 Å². The van der Waals surface area contributed by atoms with Gasteiger partial charge in [-0.2, -0.15) is 0 Å². The highest BCUT2D eigenvalue weighted by Gasteiger charge is 2.16. The summed E-state index contributed by atoms with van der Waals surface area (Å²) >= 11 is 0. The van der Waals surface area contributed by atoms with Crippen molar-refractivity contribution in [3.63, 3.8) is 0 Å². The number of rotatable bonds is 9. The van der Waals surface area contributed by atoms with Crippen molar-refractivity contribution in [1.82, 2.24) is 5.32 Å². The van der Waals surface area contributed by atoms with Gasteiger partial charge in [0.15, 0.2) is 0 Å². The van der Waals surface area contributed by atoms with Gasteiger partial charge in [0.05, 0.1) is 8.80 Å². The Morgan fingerprint density at radius 2 is 1.54 bits per heavy atom. The number of hydrogen-bond acceptors (Lipinski definition) is 2. The minimum atomic E-state index is -0.963. The molecule has 3 heteroatoms. The van der Waals surface area contributed by atoms with E-state index < -0.39 is 8.80 Å². The SMILES string of the molecule is C[SiH](C)c1c(CNCCCCCCN)cc2ccc3cccc4ccc1c2c34. The predicted octanol–water partition coefficient (Wildman–Crippen LogP) is 4.89. The van der Waals surface area contributed by atoms with Crippen LogP contribution in [0.2, 0.25) is 13.1 Å². The maximum atomic E-state index is 5.58. The van der Waals surface area contributed by atoms with Crippen molar-refractivity contribution in [2.24, 2.45) is 5.73 Å². The molecule has 0 unspecified atom stereocenters. The fourth-order valence-corrected chi connectivity index (χ4v) is 6.48. The maximum Gasteiger partial charge on any atom is 0.0659 e. The molecule has 0 aliphatic rings. The first-order valence-corrected chi connectivity index (χ1v) is 13.7. The van der Waals surface area contributed by atoms with E-state index in [9.17, 15) is 0 Å². The van der Waals surface area contributed by atoms with Crippen LogP contribution < -0.4 is 16.2 Å². The molecule has 3 N–H and O–H groups in total. The Kier molecular flexibility index (Phi) is 5.95. The number of nitrogens with one attached hydrogen (secondary N) is 1. The average molecular weight is 389 g/mol. The first-order chi connectivity index (χ1) is 13.7. The molecule has 4 rings (SSSR count). The van der Waals surface area contributed by atoms with Crippen molar-refractivity contribution >= 4 is 46.3 Å². The lowest BCUT2D eigenvalue weighted by Gasteiger charge is -2.20. The van der Waals surface area contributed by atoms with E-state index in [0.717, 1.165) is 26.1 Å². The fourth-order valence-electron chi connectivity index (χ4n) is 4.69. The molecule has 0 aliphatic heterocycles. The van der Waals surface area contributed by atoms with Crippen LogP contribution in [0.25, 0.3) is 32.3 Å². The Labute approximate surface area is 170 Å². The largest absolute Gasteiger partial charge is 0.330 e. The zero-order valence-electron chi connectivity index (χ0n) is 17.2. The first kappa shape index (κ1) is 19.4. The second-order valence-electron chi connectivity index (χ2n) is 8.34. The summed E-state index contributed by atoms with van der Waals surface area (Å²) in [5.41, 5.74) is 7.09. The molecule has 0 aromatic heterocycles. The van der Waals surface area contributed by atoms with Crippen LogP contribution in [0.15, 0.2) is 48.5 Å². The lowest BCUT2D eigenvalue weighted by atomic mass is 9.92. The van der Waals surface area contributed by atoms with Crippen LogP contribution in [0.5, 0.6) is 0 Å². The van der Waals surface area contributed by atoms with Gasteiger partial charge >= 0.3 is 0 Å². The Morgan fingerprint density at radius 1 is 0.821 bits per heavy atom. The number of benzene rings is 4. The zero-order chi connectivity index (χ0) is 19.5. The van der Waals surface area contributed by atoms with Gasteiger partial charge in [0, 0.05) is 6.54 Å². The number of nitrogens with two attached hydrogens (primary N) is 1. The highest BCUT2D eigenvalue weighted by molar-refractivity contribution is 6.74. The summed E-state index contributed by atoms with van der Waals surface area (Å²) in [7, 11) is -0.963. The van der Waals surface area contributed by atoms with Crippen LogP contribution in [0.4, 0.5) is 0 Å². The fraction of sp³-hybridized carbons (Fsp3) is 0.360. The van der Waals surface area contributed by atoms with Gasteiger partial charge < -0.3 is 11.1 Å². The predicted molar refractivity (Wildman–Crippen MR) is 128 cm³/mol. The lowest BCUT2D eigenvalue weighted by Crippen LogP contribution is -2.31. The lowest BCUT2D eigenvalue weighted by molar-refractivity contribution is 0.591. The minimum Gasteiger partial charge on any atom is -0.330 e. The molecule has 0 amide bonds. The van der Waals surface area contributed by atoms with Crippen LogP contribution in [-0.4, -0.2) is 21.9 Å². The third-order valence-corrected chi connectivity index (χ3v) is 7.81. The second kappa shape index (κ2) is 8.60. The summed E-state index contributed by atoms with van der Waals surface area (Å²) in [5.74, 6) is 0. The summed E-state index contributed by atoms with van der Waals surface area (Å²) in [6.45, 7) is 7.81. The van der Waals surface area contributed by atoms with Crippen LogP contribution in [0.1, 0.15) is 31.2 Å². The van der Waals surface area contributed by atoms with Gasteiger partial charge in [-0.1, -0.05) is 73.6 Å². The van der Waals surface area contributed by atoms with Gasteiger partial charge in [-0.25, -0.2) is 0 Å². The normalized spacial score (nSPS) is 12.1. The van der Waals surface area contributed by atoms with E-state index in [0.29, 0.717) is 0 Å². The van der Waals surface area contributed by atoms with E-state index in [4.69, 9.17) is 5.73 Å². The van der Waals surface area contributed by atoms with Crippen molar-refractivity contribution in [1.29, 1.82) is 0 Å². The standard InChI is InChI=1S/C25H32N2Si/c1-28(2)25-21(17-27-15-6-4-3-5-14-26)16-20-11-10-18-8-7-9-19-12-13-22(25)24(20)23(18)19/h7-13,16,27-28H,3-6,14-15,17,26H2,1-2H3. The van der Waals surface area contributed by atoms with Gasteiger partial charge in [0.25, 0.3) is 0 Å². The molecule has 28 heavy (non-hydrogen) atoms. The second-order valence-corrected chi connectivity index (χ2v) is 11.2. The molecular formula is C25H32N2Si. The van der Waals surface area contributed by atoms with Crippen LogP contribution in [-0.2, 0) is 6.54 Å². The Morgan fingerprint density at radius 3 is 2.29 bits per heavy atom. The topological polar surface area (TPSA) is 38.0 Å². The molecule has 0 saturated heterocycles. The molecule has 0 fully saturated rings. The third-order valence-electron chi connectivity index (χ3n) is 5.98. The molecule has 0 aliphatic carbocycles. The minimum absolute atomic E-state index is 0.819. The summed E-state index contributed by atoms with van der Waals surface area (Å²) in [5, 5.41) is 13.8. The summed E-state index contributed by atoms with van der Waals surface area (Å²) in [6, 6.07) is 18.4. The van der Waals surface area contributed by atoms with Gasteiger partial charge in [0.2, 0.25) is 0 Å². The van der Waals surface area contributed by atoms with Crippen molar-refractivity contribution < 1.29 is 0 Å². The molecule has 0 saturated carbocycles. The van der Waals surface area contributed by atoms with Gasteiger partial charge in [-0.05, 0) is 69.9 Å². The van der Waals surface area contributed by atoms with Crippen LogP contribution in [0, 0.1) is 0 Å². The number of hydrogen-bond donors (Lipinski definition) is 2. The summed E-state index contributed by atoms with van der Waals surface area (Å²) in [6.07, 6.45) is 4.92. The van der Waals surface area contributed by atoms with E-state index >= 15 is 0 Å². The molecule has 4 aromatic rings. The van der Waals surface area contributed by atoms with Crippen LogP contribution in [0.3, 0.4) is 0 Å². The summed E-state index contributed by atoms with van der Waals surface area (Å²) < 4.78 is 0. The molecule has 0 bridgehead atoms. The smallest absolute Gasteiger partial charge is 0.0659 e. The van der Waals surface area contributed by atoms with Crippen molar-refractivity contribution in [3.8, 4) is 0 Å². The zero-order valence-corrected chi connectivity index (χ0v) is 18.4. The molecule has 4 aromatic carbocycles. The van der Waals surface area contributed by atoms with Crippen molar-refractivity contribution in [2.45, 2.75) is 45.3 Å². The number of unbranched alkanes of at least 4 members (excludes halogenated alkanes) is 3. The summed E-state index contributed by atoms with van der Waals surface area (Å²) in [4.78, 5) is 0.